The van der Waals surface area contributed by atoms with Crippen LogP contribution in [0, 0.1) is 5.82 Å². The Morgan fingerprint density at radius 3 is 2.58 bits per heavy atom. The molecule has 5 heteroatoms. The van der Waals surface area contributed by atoms with Gasteiger partial charge in [-0.1, -0.05) is 6.92 Å². The molecule has 0 spiro atoms. The molecule has 1 aromatic carbocycles. The maximum atomic E-state index is 13.0. The Morgan fingerprint density at radius 2 is 2.00 bits per heavy atom. The third-order valence-electron chi connectivity index (χ3n) is 3.44. The molecule has 0 aliphatic carbocycles. The number of carbonyl (C=O) groups is 1. The summed E-state index contributed by atoms with van der Waals surface area (Å²) in [4.78, 5) is 16.4. The minimum atomic E-state index is -0.415. The van der Waals surface area contributed by atoms with Gasteiger partial charge in [-0.2, -0.15) is 0 Å². The van der Waals surface area contributed by atoms with E-state index in [1.165, 1.54) is 18.2 Å². The molecule has 19 heavy (non-hydrogen) atoms. The van der Waals surface area contributed by atoms with Gasteiger partial charge < -0.3 is 10.6 Å². The molecule has 1 amide bonds. The van der Waals surface area contributed by atoms with Crippen LogP contribution in [0.3, 0.4) is 0 Å². The van der Waals surface area contributed by atoms with Crippen molar-refractivity contribution < 1.29 is 9.18 Å². The van der Waals surface area contributed by atoms with Crippen molar-refractivity contribution in [1.29, 1.82) is 0 Å². The predicted molar refractivity (Wildman–Crippen MR) is 73.4 cm³/mol. The highest BCUT2D eigenvalue weighted by molar-refractivity contribution is 5.99. The van der Waals surface area contributed by atoms with Gasteiger partial charge in [-0.15, -0.1) is 0 Å². The lowest BCUT2D eigenvalue weighted by atomic mass is 10.1. The number of anilines is 1. The van der Waals surface area contributed by atoms with Crippen molar-refractivity contribution in [3.05, 3.63) is 29.6 Å². The maximum Gasteiger partial charge on any atom is 0.256 e. The SMILES string of the molecule is CCCN1CCN(C(=O)c2ccc(F)cc2N)CC1. The quantitative estimate of drug-likeness (QED) is 0.844. The smallest absolute Gasteiger partial charge is 0.256 e. The molecule has 1 saturated heterocycles. The summed E-state index contributed by atoms with van der Waals surface area (Å²) in [6.07, 6.45) is 1.12. The summed E-state index contributed by atoms with van der Waals surface area (Å²) in [6, 6.07) is 3.93. The van der Waals surface area contributed by atoms with Gasteiger partial charge in [0.15, 0.2) is 0 Å². The molecule has 1 aliphatic rings. The number of benzene rings is 1. The molecule has 2 N–H and O–H groups in total. The fourth-order valence-corrected chi connectivity index (χ4v) is 2.39. The zero-order chi connectivity index (χ0) is 13.8. The number of hydrogen-bond donors (Lipinski definition) is 1. The van der Waals surface area contributed by atoms with Crippen molar-refractivity contribution in [1.82, 2.24) is 9.80 Å². The van der Waals surface area contributed by atoms with Gasteiger partial charge >= 0.3 is 0 Å². The second kappa shape index (κ2) is 6.02. The monoisotopic (exact) mass is 265 g/mol. The van der Waals surface area contributed by atoms with E-state index in [0.717, 1.165) is 26.1 Å². The van der Waals surface area contributed by atoms with Crippen molar-refractivity contribution in [2.45, 2.75) is 13.3 Å². The molecule has 2 rings (SSSR count). The largest absolute Gasteiger partial charge is 0.398 e. The Kier molecular flexibility index (Phi) is 4.37. The molecule has 4 nitrogen and oxygen atoms in total. The number of carbonyl (C=O) groups excluding carboxylic acids is 1. The topological polar surface area (TPSA) is 49.6 Å². The fourth-order valence-electron chi connectivity index (χ4n) is 2.39. The summed E-state index contributed by atoms with van der Waals surface area (Å²) in [7, 11) is 0. The highest BCUT2D eigenvalue weighted by Gasteiger charge is 2.22. The molecule has 0 saturated carbocycles. The molecule has 1 aromatic rings. The Hall–Kier alpha value is -1.62. The second-order valence-corrected chi connectivity index (χ2v) is 4.87. The first kappa shape index (κ1) is 13.8. The highest BCUT2D eigenvalue weighted by Crippen LogP contribution is 2.17. The van der Waals surface area contributed by atoms with E-state index in [0.29, 0.717) is 18.7 Å². The molecule has 1 heterocycles. The average molecular weight is 265 g/mol. The Labute approximate surface area is 113 Å². The molecule has 1 aliphatic heterocycles. The zero-order valence-electron chi connectivity index (χ0n) is 11.2. The second-order valence-electron chi connectivity index (χ2n) is 4.87. The predicted octanol–water partition coefficient (Wildman–Crippen LogP) is 1.58. The van der Waals surface area contributed by atoms with Gasteiger partial charge in [-0.3, -0.25) is 9.69 Å². The lowest BCUT2D eigenvalue weighted by Gasteiger charge is -2.34. The van der Waals surface area contributed by atoms with Crippen LogP contribution in [0.4, 0.5) is 10.1 Å². The number of nitrogens with two attached hydrogens (primary N) is 1. The third kappa shape index (κ3) is 3.23. The third-order valence-corrected chi connectivity index (χ3v) is 3.44. The van der Waals surface area contributed by atoms with Crippen LogP contribution in [0.1, 0.15) is 23.7 Å². The molecule has 104 valence electrons. The number of rotatable bonds is 3. The van der Waals surface area contributed by atoms with Gasteiger partial charge in [-0.05, 0) is 31.2 Å². The standard InChI is InChI=1S/C14H20FN3O/c1-2-5-17-6-8-18(9-7-17)14(19)12-4-3-11(15)10-13(12)16/h3-4,10H,2,5-9,16H2,1H3. The summed E-state index contributed by atoms with van der Waals surface area (Å²) in [5.41, 5.74) is 6.31. The summed E-state index contributed by atoms with van der Waals surface area (Å²) < 4.78 is 13.0. The molecule has 0 unspecified atom stereocenters. The van der Waals surface area contributed by atoms with E-state index < -0.39 is 5.82 Å². The van der Waals surface area contributed by atoms with Gasteiger partial charge in [0.05, 0.1) is 5.56 Å². The first-order valence-electron chi connectivity index (χ1n) is 6.68. The van der Waals surface area contributed by atoms with Crippen LogP contribution in [0.15, 0.2) is 18.2 Å². The first-order chi connectivity index (χ1) is 9.11. The van der Waals surface area contributed by atoms with Crippen LogP contribution in [0.2, 0.25) is 0 Å². The molecule has 0 bridgehead atoms. The normalized spacial score (nSPS) is 16.6. The first-order valence-corrected chi connectivity index (χ1v) is 6.68. The Balaban J connectivity index is 2.01. The van der Waals surface area contributed by atoms with Crippen LogP contribution in [-0.4, -0.2) is 48.4 Å². The number of nitrogens with zero attached hydrogens (tertiary/aromatic N) is 2. The van der Waals surface area contributed by atoms with E-state index in [1.807, 2.05) is 0 Å². The lowest BCUT2D eigenvalue weighted by molar-refractivity contribution is 0.0638. The summed E-state index contributed by atoms with van der Waals surface area (Å²) in [5.74, 6) is -0.518. The van der Waals surface area contributed by atoms with Crippen LogP contribution in [0.5, 0.6) is 0 Å². The van der Waals surface area contributed by atoms with Crippen molar-refractivity contribution >= 4 is 11.6 Å². The van der Waals surface area contributed by atoms with Gasteiger partial charge in [0, 0.05) is 31.9 Å². The summed E-state index contributed by atoms with van der Waals surface area (Å²) in [6.45, 7) is 6.41. The van der Waals surface area contributed by atoms with Gasteiger partial charge in [0.25, 0.3) is 5.91 Å². The van der Waals surface area contributed by atoms with E-state index in [4.69, 9.17) is 5.73 Å². The number of halogens is 1. The molecule has 0 aromatic heterocycles. The Morgan fingerprint density at radius 1 is 1.32 bits per heavy atom. The maximum absolute atomic E-state index is 13.0. The van der Waals surface area contributed by atoms with Crippen LogP contribution < -0.4 is 5.73 Å². The van der Waals surface area contributed by atoms with Gasteiger partial charge in [-0.25, -0.2) is 4.39 Å². The molecule has 0 radical (unpaired) electrons. The van der Waals surface area contributed by atoms with E-state index in [9.17, 15) is 9.18 Å². The summed E-state index contributed by atoms with van der Waals surface area (Å²) in [5, 5.41) is 0. The van der Waals surface area contributed by atoms with Crippen molar-refractivity contribution in [2.75, 3.05) is 38.5 Å². The fraction of sp³-hybridized carbons (Fsp3) is 0.500. The van der Waals surface area contributed by atoms with Gasteiger partial charge in [0.2, 0.25) is 0 Å². The number of nitrogen functional groups attached to an aromatic ring is 1. The lowest BCUT2D eigenvalue weighted by Crippen LogP contribution is -2.48. The number of hydrogen-bond acceptors (Lipinski definition) is 3. The van der Waals surface area contributed by atoms with Crippen LogP contribution in [-0.2, 0) is 0 Å². The molecule has 1 fully saturated rings. The number of piperazine rings is 1. The van der Waals surface area contributed by atoms with E-state index in [1.54, 1.807) is 4.90 Å². The van der Waals surface area contributed by atoms with E-state index >= 15 is 0 Å². The minimum Gasteiger partial charge on any atom is -0.398 e. The van der Waals surface area contributed by atoms with E-state index in [2.05, 4.69) is 11.8 Å². The molecular formula is C14H20FN3O. The zero-order valence-corrected chi connectivity index (χ0v) is 11.2. The van der Waals surface area contributed by atoms with Crippen LogP contribution in [0.25, 0.3) is 0 Å². The van der Waals surface area contributed by atoms with Crippen molar-refractivity contribution in [3.8, 4) is 0 Å². The minimum absolute atomic E-state index is 0.103. The van der Waals surface area contributed by atoms with Gasteiger partial charge in [0.1, 0.15) is 5.82 Å². The highest BCUT2D eigenvalue weighted by atomic mass is 19.1. The Bertz CT molecular complexity index is 456. The summed E-state index contributed by atoms with van der Waals surface area (Å²) >= 11 is 0. The molecule has 0 atom stereocenters. The van der Waals surface area contributed by atoms with Crippen molar-refractivity contribution in [2.24, 2.45) is 0 Å². The van der Waals surface area contributed by atoms with E-state index in [-0.39, 0.29) is 11.6 Å². The number of amides is 1. The average Bonchev–Trinajstić information content (AvgIpc) is 2.39. The van der Waals surface area contributed by atoms with Crippen molar-refractivity contribution in [3.63, 3.8) is 0 Å². The van der Waals surface area contributed by atoms with Crippen LogP contribution >= 0.6 is 0 Å². The molecular weight excluding hydrogens is 245 g/mol.